The molecule has 0 aliphatic carbocycles. The summed E-state index contributed by atoms with van der Waals surface area (Å²) in [4.78, 5) is 10.3. The van der Waals surface area contributed by atoms with E-state index in [1.807, 2.05) is 33.8 Å². The average Bonchev–Trinajstić information content (AvgIpc) is 2.61. The predicted octanol–water partition coefficient (Wildman–Crippen LogP) is 3.23. The first-order chi connectivity index (χ1) is 7.77. The highest BCUT2D eigenvalue weighted by Gasteiger charge is 2.28. The minimum Gasteiger partial charge on any atom is -0.358 e. The Morgan fingerprint density at radius 1 is 1.65 bits per heavy atom. The summed E-state index contributed by atoms with van der Waals surface area (Å²) in [5, 5.41) is 14.9. The van der Waals surface area contributed by atoms with Crippen LogP contribution >= 0.6 is 0 Å². The van der Waals surface area contributed by atoms with Crippen LogP contribution in [0, 0.1) is 10.1 Å². The highest BCUT2D eigenvalue weighted by molar-refractivity contribution is 5.25. The molecular weight excluding hydrogens is 218 g/mol. The lowest BCUT2D eigenvalue weighted by molar-refractivity contribution is -0.389. The maximum atomic E-state index is 10.8. The number of allylic oxidation sites excluding steroid dienone is 1. The Bertz CT molecular complexity index is 429. The molecular formula is C12H19N3O2. The van der Waals surface area contributed by atoms with Crippen LogP contribution < -0.4 is 0 Å². The van der Waals surface area contributed by atoms with E-state index in [0.29, 0.717) is 0 Å². The fourth-order valence-corrected chi connectivity index (χ4v) is 1.73. The van der Waals surface area contributed by atoms with Gasteiger partial charge in [-0.25, -0.2) is 0 Å². The Morgan fingerprint density at radius 3 is 2.65 bits per heavy atom. The summed E-state index contributed by atoms with van der Waals surface area (Å²) in [5.74, 6) is 0.0822. The van der Waals surface area contributed by atoms with Gasteiger partial charge in [-0.15, -0.1) is 6.58 Å². The zero-order valence-corrected chi connectivity index (χ0v) is 10.8. The number of nitro groups is 1. The maximum absolute atomic E-state index is 10.8. The van der Waals surface area contributed by atoms with E-state index in [1.165, 1.54) is 0 Å². The maximum Gasteiger partial charge on any atom is 0.390 e. The van der Waals surface area contributed by atoms with Crippen molar-refractivity contribution in [2.45, 2.75) is 45.6 Å². The molecule has 1 aromatic rings. The van der Waals surface area contributed by atoms with Crippen LogP contribution in [0.1, 0.15) is 45.7 Å². The van der Waals surface area contributed by atoms with Crippen LogP contribution in [-0.2, 0) is 5.54 Å². The molecule has 1 atom stereocenters. The lowest BCUT2D eigenvalue weighted by Crippen LogP contribution is -2.26. The summed E-state index contributed by atoms with van der Waals surface area (Å²) in [7, 11) is 0. The van der Waals surface area contributed by atoms with Gasteiger partial charge in [-0.1, -0.05) is 13.0 Å². The Balaban J connectivity index is 3.26. The molecule has 0 saturated carbocycles. The van der Waals surface area contributed by atoms with E-state index in [-0.39, 0.29) is 17.3 Å². The van der Waals surface area contributed by atoms with Crippen molar-refractivity contribution in [1.29, 1.82) is 0 Å². The average molecular weight is 237 g/mol. The minimum atomic E-state index is -0.452. The SMILES string of the molecule is C=CCC(C)c1cc([N+](=O)[O-])nn1C(C)(C)C. The van der Waals surface area contributed by atoms with Gasteiger partial charge in [0.05, 0.1) is 22.4 Å². The number of hydrogen-bond acceptors (Lipinski definition) is 3. The van der Waals surface area contributed by atoms with Crippen molar-refractivity contribution in [2.75, 3.05) is 0 Å². The van der Waals surface area contributed by atoms with E-state index in [9.17, 15) is 10.1 Å². The third-order valence-electron chi connectivity index (χ3n) is 2.57. The van der Waals surface area contributed by atoms with Crippen molar-refractivity contribution >= 4 is 5.82 Å². The Kier molecular flexibility index (Phi) is 3.70. The molecule has 0 saturated heterocycles. The summed E-state index contributed by atoms with van der Waals surface area (Å²) >= 11 is 0. The minimum absolute atomic E-state index is 0.0918. The molecule has 1 heterocycles. The fraction of sp³-hybridized carbons (Fsp3) is 0.583. The number of aromatic nitrogens is 2. The van der Waals surface area contributed by atoms with E-state index in [4.69, 9.17) is 0 Å². The summed E-state index contributed by atoms with van der Waals surface area (Å²) in [5.41, 5.74) is 0.614. The largest absolute Gasteiger partial charge is 0.390 e. The molecule has 0 N–H and O–H groups in total. The normalized spacial score (nSPS) is 13.4. The van der Waals surface area contributed by atoms with Gasteiger partial charge in [-0.3, -0.25) is 0 Å². The molecule has 0 radical (unpaired) electrons. The number of nitrogens with zero attached hydrogens (tertiary/aromatic N) is 3. The molecule has 0 aromatic carbocycles. The second kappa shape index (κ2) is 4.69. The van der Waals surface area contributed by atoms with Crippen LogP contribution in [0.2, 0.25) is 0 Å². The highest BCUT2D eigenvalue weighted by Crippen LogP contribution is 2.28. The zero-order chi connectivity index (χ0) is 13.2. The van der Waals surface area contributed by atoms with Crippen LogP contribution in [-0.4, -0.2) is 14.7 Å². The van der Waals surface area contributed by atoms with E-state index in [2.05, 4.69) is 11.7 Å². The van der Waals surface area contributed by atoms with Gasteiger partial charge in [0, 0.05) is 5.92 Å². The summed E-state index contributed by atoms with van der Waals surface area (Å²) < 4.78 is 1.74. The molecule has 5 nitrogen and oxygen atoms in total. The third-order valence-corrected chi connectivity index (χ3v) is 2.57. The third kappa shape index (κ3) is 2.93. The van der Waals surface area contributed by atoms with Gasteiger partial charge in [0.2, 0.25) is 0 Å². The van der Waals surface area contributed by atoms with E-state index in [1.54, 1.807) is 10.7 Å². The van der Waals surface area contributed by atoms with Gasteiger partial charge >= 0.3 is 5.82 Å². The molecule has 0 spiro atoms. The lowest BCUT2D eigenvalue weighted by atomic mass is 10.0. The quantitative estimate of drug-likeness (QED) is 0.459. The molecule has 0 aliphatic heterocycles. The van der Waals surface area contributed by atoms with Crippen molar-refractivity contribution in [3.8, 4) is 0 Å². The Hall–Kier alpha value is -1.65. The Morgan fingerprint density at radius 2 is 2.24 bits per heavy atom. The molecule has 5 heteroatoms. The highest BCUT2D eigenvalue weighted by atomic mass is 16.6. The van der Waals surface area contributed by atoms with Crippen LogP contribution in [0.25, 0.3) is 0 Å². The first-order valence-electron chi connectivity index (χ1n) is 5.63. The van der Waals surface area contributed by atoms with Crippen LogP contribution in [0.4, 0.5) is 5.82 Å². The van der Waals surface area contributed by atoms with E-state index in [0.717, 1.165) is 12.1 Å². The number of hydrogen-bond donors (Lipinski definition) is 0. The van der Waals surface area contributed by atoms with E-state index < -0.39 is 4.92 Å². The van der Waals surface area contributed by atoms with Gasteiger partial charge in [-0.05, 0) is 32.1 Å². The molecule has 17 heavy (non-hydrogen) atoms. The first-order valence-corrected chi connectivity index (χ1v) is 5.63. The molecule has 0 bridgehead atoms. The van der Waals surface area contributed by atoms with Gasteiger partial charge in [0.25, 0.3) is 0 Å². The molecule has 1 rings (SSSR count). The van der Waals surface area contributed by atoms with Gasteiger partial charge in [-0.2, -0.15) is 4.68 Å². The number of rotatable bonds is 4. The summed E-state index contributed by atoms with van der Waals surface area (Å²) in [6, 6.07) is 1.55. The van der Waals surface area contributed by atoms with Gasteiger partial charge < -0.3 is 10.1 Å². The second-order valence-corrected chi connectivity index (χ2v) is 5.19. The van der Waals surface area contributed by atoms with Crippen LogP contribution in [0.3, 0.4) is 0 Å². The molecule has 0 amide bonds. The monoisotopic (exact) mass is 237 g/mol. The zero-order valence-electron chi connectivity index (χ0n) is 10.8. The predicted molar refractivity (Wildman–Crippen MR) is 67.1 cm³/mol. The topological polar surface area (TPSA) is 61.0 Å². The Labute approximate surface area is 101 Å². The summed E-state index contributed by atoms with van der Waals surface area (Å²) in [6.07, 6.45) is 2.59. The van der Waals surface area contributed by atoms with Crippen molar-refractivity contribution in [1.82, 2.24) is 9.78 Å². The van der Waals surface area contributed by atoms with Crippen molar-refractivity contribution in [3.63, 3.8) is 0 Å². The molecule has 1 unspecified atom stereocenters. The van der Waals surface area contributed by atoms with Crippen molar-refractivity contribution in [3.05, 3.63) is 34.5 Å². The standard InChI is InChI=1S/C12H19N3O2/c1-6-7-9(2)10-8-11(15(16)17)13-14(10)12(3,4)5/h6,8-9H,1,7H2,2-5H3. The second-order valence-electron chi connectivity index (χ2n) is 5.19. The van der Waals surface area contributed by atoms with Crippen molar-refractivity contribution < 1.29 is 4.92 Å². The molecule has 0 fully saturated rings. The smallest absolute Gasteiger partial charge is 0.358 e. The first kappa shape index (κ1) is 13.4. The molecule has 0 aliphatic rings. The van der Waals surface area contributed by atoms with Gasteiger partial charge in [0.15, 0.2) is 0 Å². The van der Waals surface area contributed by atoms with E-state index >= 15 is 0 Å². The fourth-order valence-electron chi connectivity index (χ4n) is 1.73. The van der Waals surface area contributed by atoms with Crippen molar-refractivity contribution in [2.24, 2.45) is 0 Å². The molecule has 1 aromatic heterocycles. The summed E-state index contributed by atoms with van der Waals surface area (Å²) in [6.45, 7) is 11.7. The van der Waals surface area contributed by atoms with Gasteiger partial charge in [0.1, 0.15) is 0 Å². The lowest BCUT2D eigenvalue weighted by Gasteiger charge is -2.20. The molecule has 94 valence electrons. The van der Waals surface area contributed by atoms with Crippen LogP contribution in [0.15, 0.2) is 18.7 Å². The van der Waals surface area contributed by atoms with Crippen LogP contribution in [0.5, 0.6) is 0 Å².